The number of aryl methyl sites for hydroxylation is 2. The van der Waals surface area contributed by atoms with Crippen molar-refractivity contribution in [2.75, 3.05) is 26.3 Å². The Hall–Kier alpha value is -4.01. The fraction of sp³-hybridized carbons (Fsp3) is 0.452. The standard InChI is InChI=1S/C31H45N7O2/c1-3-5-17-35-29(32)25-9-13-27(14-10-25)39-23-7-19-37-21-22-38(31(37)34)20-8-24-40-28-15-11-26(12-16-28)30(33)36-18-6-4-2/h9-16,21-22,34H,3-8,17-20,23-24H2,1-2H3,(H2,32,35)(H2,33,36). The predicted molar refractivity (Wildman–Crippen MR) is 162 cm³/mol. The quantitative estimate of drug-likeness (QED) is 0.121. The fourth-order valence-electron chi connectivity index (χ4n) is 4.02. The summed E-state index contributed by atoms with van der Waals surface area (Å²) in [5.74, 6) is 2.74. The number of amidine groups is 2. The molecule has 1 aromatic heterocycles. The van der Waals surface area contributed by atoms with Gasteiger partial charge in [-0.15, -0.1) is 0 Å². The lowest BCUT2D eigenvalue weighted by Gasteiger charge is -2.09. The maximum absolute atomic E-state index is 8.47. The molecule has 9 heteroatoms. The maximum atomic E-state index is 8.47. The lowest BCUT2D eigenvalue weighted by atomic mass is 10.2. The summed E-state index contributed by atoms with van der Waals surface area (Å²) < 4.78 is 15.6. The topological polar surface area (TPSA) is 129 Å². The molecule has 3 aromatic rings. The molecule has 0 aliphatic heterocycles. The summed E-state index contributed by atoms with van der Waals surface area (Å²) in [4.78, 5) is 8.81. The van der Waals surface area contributed by atoms with Gasteiger partial charge in [0.25, 0.3) is 0 Å². The van der Waals surface area contributed by atoms with E-state index < -0.39 is 0 Å². The Labute approximate surface area is 238 Å². The summed E-state index contributed by atoms with van der Waals surface area (Å²) in [5.41, 5.74) is 14.4. The van der Waals surface area contributed by atoms with Gasteiger partial charge in [0.1, 0.15) is 23.2 Å². The van der Waals surface area contributed by atoms with Crippen LogP contribution in [0.15, 0.2) is 70.9 Å². The highest BCUT2D eigenvalue weighted by Gasteiger charge is 2.04. The van der Waals surface area contributed by atoms with Crippen LogP contribution in [0.2, 0.25) is 0 Å². The van der Waals surface area contributed by atoms with E-state index in [-0.39, 0.29) is 0 Å². The molecule has 9 nitrogen and oxygen atoms in total. The van der Waals surface area contributed by atoms with Crippen molar-refractivity contribution >= 4 is 11.7 Å². The van der Waals surface area contributed by atoms with E-state index in [9.17, 15) is 0 Å². The third-order valence-corrected chi connectivity index (χ3v) is 6.48. The molecule has 0 saturated carbocycles. The summed E-state index contributed by atoms with van der Waals surface area (Å²) in [6.45, 7) is 8.36. The Morgan fingerprint density at radius 1 is 0.675 bits per heavy atom. The third kappa shape index (κ3) is 9.94. The molecule has 0 saturated heterocycles. The van der Waals surface area contributed by atoms with Crippen LogP contribution in [0.25, 0.3) is 0 Å². The largest absolute Gasteiger partial charge is 0.494 e. The zero-order chi connectivity index (χ0) is 28.6. The van der Waals surface area contributed by atoms with Crippen molar-refractivity contribution < 1.29 is 9.47 Å². The Balaban J connectivity index is 1.35. The molecule has 40 heavy (non-hydrogen) atoms. The lowest BCUT2D eigenvalue weighted by Crippen LogP contribution is -2.25. The van der Waals surface area contributed by atoms with Gasteiger partial charge in [0.15, 0.2) is 0 Å². The van der Waals surface area contributed by atoms with E-state index in [4.69, 9.17) is 26.4 Å². The minimum absolute atomic E-state index is 0.476. The number of rotatable bonds is 18. The second kappa shape index (κ2) is 16.8. The Bertz CT molecular complexity index is 1160. The molecule has 1 heterocycles. The highest BCUT2D eigenvalue weighted by Crippen LogP contribution is 2.14. The van der Waals surface area contributed by atoms with Gasteiger partial charge in [-0.05, 0) is 74.2 Å². The van der Waals surface area contributed by atoms with E-state index >= 15 is 0 Å². The summed E-state index contributed by atoms with van der Waals surface area (Å²) >= 11 is 0. The summed E-state index contributed by atoms with van der Waals surface area (Å²) in [6, 6.07) is 15.5. The van der Waals surface area contributed by atoms with E-state index in [1.165, 1.54) is 0 Å². The summed E-state index contributed by atoms with van der Waals surface area (Å²) in [6.07, 6.45) is 9.79. The number of nitrogens with one attached hydrogen (secondary N) is 1. The van der Waals surface area contributed by atoms with Crippen molar-refractivity contribution in [2.45, 2.75) is 65.5 Å². The molecule has 0 spiro atoms. The number of hydrogen-bond donors (Lipinski definition) is 3. The van der Waals surface area contributed by atoms with Crippen LogP contribution >= 0.6 is 0 Å². The smallest absolute Gasteiger partial charge is 0.202 e. The van der Waals surface area contributed by atoms with Crippen molar-refractivity contribution in [1.82, 2.24) is 9.13 Å². The number of ether oxygens (including phenoxy) is 2. The van der Waals surface area contributed by atoms with Crippen molar-refractivity contribution in [3.05, 3.63) is 77.7 Å². The van der Waals surface area contributed by atoms with Crippen LogP contribution in [0.4, 0.5) is 0 Å². The van der Waals surface area contributed by atoms with Gasteiger partial charge >= 0.3 is 0 Å². The minimum atomic E-state index is 0.476. The number of nitrogens with two attached hydrogens (primary N) is 2. The van der Waals surface area contributed by atoms with Gasteiger partial charge in [0.2, 0.25) is 5.62 Å². The van der Waals surface area contributed by atoms with Crippen LogP contribution in [0, 0.1) is 5.41 Å². The van der Waals surface area contributed by atoms with Crippen LogP contribution in [0.3, 0.4) is 0 Å². The first-order chi connectivity index (χ1) is 19.5. The van der Waals surface area contributed by atoms with Gasteiger partial charge in [0, 0.05) is 49.7 Å². The third-order valence-electron chi connectivity index (χ3n) is 6.48. The van der Waals surface area contributed by atoms with Crippen molar-refractivity contribution in [2.24, 2.45) is 21.5 Å². The predicted octanol–water partition coefficient (Wildman–Crippen LogP) is 4.72. The van der Waals surface area contributed by atoms with E-state index in [1.807, 2.05) is 70.1 Å². The van der Waals surface area contributed by atoms with Gasteiger partial charge in [-0.3, -0.25) is 15.4 Å². The number of aliphatic imine (C=N–C) groups is 2. The van der Waals surface area contributed by atoms with Crippen LogP contribution in [-0.4, -0.2) is 47.1 Å². The first-order valence-electron chi connectivity index (χ1n) is 14.4. The Kier molecular flexibility index (Phi) is 12.9. The Morgan fingerprint density at radius 3 is 1.45 bits per heavy atom. The average molecular weight is 548 g/mol. The molecule has 5 N–H and O–H groups in total. The van der Waals surface area contributed by atoms with E-state index in [0.717, 1.165) is 74.2 Å². The number of benzene rings is 2. The summed E-state index contributed by atoms with van der Waals surface area (Å²) in [5, 5.41) is 8.47. The molecule has 0 fully saturated rings. The molecular formula is C31H45N7O2. The molecule has 0 amide bonds. The van der Waals surface area contributed by atoms with Gasteiger partial charge in [0.05, 0.1) is 13.2 Å². The second-order valence-corrected chi connectivity index (χ2v) is 9.70. The summed E-state index contributed by atoms with van der Waals surface area (Å²) in [7, 11) is 0. The molecule has 3 rings (SSSR count). The van der Waals surface area contributed by atoms with Crippen LogP contribution in [0.1, 0.15) is 63.5 Å². The van der Waals surface area contributed by atoms with E-state index in [0.29, 0.717) is 43.6 Å². The van der Waals surface area contributed by atoms with Crippen molar-refractivity contribution in [3.63, 3.8) is 0 Å². The zero-order valence-corrected chi connectivity index (χ0v) is 24.0. The number of unbranched alkanes of at least 4 members (excludes halogenated alkanes) is 2. The molecule has 0 aliphatic rings. The number of hydrogen-bond acceptors (Lipinski definition) is 5. The number of imidazole rings is 1. The van der Waals surface area contributed by atoms with E-state index in [1.54, 1.807) is 0 Å². The number of nitrogens with zero attached hydrogens (tertiary/aromatic N) is 4. The molecule has 0 aliphatic carbocycles. The van der Waals surface area contributed by atoms with Gasteiger partial charge in [-0.2, -0.15) is 0 Å². The highest BCUT2D eigenvalue weighted by molar-refractivity contribution is 5.98. The monoisotopic (exact) mass is 547 g/mol. The van der Waals surface area contributed by atoms with Gasteiger partial charge < -0.3 is 30.1 Å². The molecule has 0 radical (unpaired) electrons. The first kappa shape index (κ1) is 30.5. The SMILES string of the molecule is CCCCN=C(N)c1ccc(OCCCn2ccn(CCCOc3ccc(C(N)=NCCCC)cc3)c2=N)cc1. The fourth-order valence-corrected chi connectivity index (χ4v) is 4.02. The van der Waals surface area contributed by atoms with Crippen molar-refractivity contribution in [3.8, 4) is 11.5 Å². The zero-order valence-electron chi connectivity index (χ0n) is 24.0. The molecular weight excluding hydrogens is 502 g/mol. The Morgan fingerprint density at radius 2 is 1.07 bits per heavy atom. The van der Waals surface area contributed by atoms with Crippen LogP contribution < -0.4 is 26.6 Å². The normalized spacial score (nSPS) is 12.1. The minimum Gasteiger partial charge on any atom is -0.494 e. The molecule has 0 atom stereocenters. The van der Waals surface area contributed by atoms with Crippen LogP contribution in [-0.2, 0) is 13.1 Å². The average Bonchev–Trinajstić information content (AvgIpc) is 3.32. The van der Waals surface area contributed by atoms with Gasteiger partial charge in [-0.1, -0.05) is 26.7 Å². The maximum Gasteiger partial charge on any atom is 0.202 e. The van der Waals surface area contributed by atoms with E-state index in [2.05, 4.69) is 23.8 Å². The number of aromatic nitrogens is 2. The molecule has 2 aromatic carbocycles. The van der Waals surface area contributed by atoms with Crippen LogP contribution in [0.5, 0.6) is 11.5 Å². The molecule has 216 valence electrons. The second-order valence-electron chi connectivity index (χ2n) is 9.70. The lowest BCUT2D eigenvalue weighted by molar-refractivity contribution is 0.296. The molecule has 0 bridgehead atoms. The van der Waals surface area contributed by atoms with Gasteiger partial charge in [-0.25, -0.2) is 0 Å². The van der Waals surface area contributed by atoms with Crippen molar-refractivity contribution in [1.29, 1.82) is 5.41 Å². The first-order valence-corrected chi connectivity index (χ1v) is 14.4. The molecule has 0 unspecified atom stereocenters. The highest BCUT2D eigenvalue weighted by atomic mass is 16.5.